The SMILES string of the molecule is O=C(NCCc1noc(C2CCC2)n1)N1CCCC[C@@H]1c1ccc(F)cc1. The minimum absolute atomic E-state index is 0.00487. The summed E-state index contributed by atoms with van der Waals surface area (Å²) >= 11 is 0. The van der Waals surface area contributed by atoms with E-state index in [1.54, 1.807) is 12.1 Å². The third-order valence-electron chi connectivity index (χ3n) is 5.58. The van der Waals surface area contributed by atoms with E-state index in [-0.39, 0.29) is 17.9 Å². The molecule has 4 rings (SSSR count). The molecule has 1 saturated carbocycles. The van der Waals surface area contributed by atoms with Gasteiger partial charge in [-0.1, -0.05) is 23.7 Å². The van der Waals surface area contributed by atoms with E-state index in [1.165, 1.54) is 18.6 Å². The van der Waals surface area contributed by atoms with Crippen molar-refractivity contribution in [3.05, 3.63) is 47.4 Å². The summed E-state index contributed by atoms with van der Waals surface area (Å²) in [5, 5.41) is 6.98. The van der Waals surface area contributed by atoms with E-state index >= 15 is 0 Å². The molecule has 1 aliphatic heterocycles. The quantitative estimate of drug-likeness (QED) is 0.862. The lowest BCUT2D eigenvalue weighted by Crippen LogP contribution is -2.45. The Kier molecular flexibility index (Phi) is 5.36. The Hall–Kier alpha value is -2.44. The zero-order chi connectivity index (χ0) is 18.6. The third kappa shape index (κ3) is 4.12. The number of nitrogens with one attached hydrogen (secondary N) is 1. The maximum Gasteiger partial charge on any atom is 0.317 e. The van der Waals surface area contributed by atoms with Gasteiger partial charge in [-0.3, -0.25) is 0 Å². The summed E-state index contributed by atoms with van der Waals surface area (Å²) in [6.07, 6.45) is 6.98. The van der Waals surface area contributed by atoms with E-state index in [0.717, 1.165) is 43.6 Å². The van der Waals surface area contributed by atoms with Gasteiger partial charge in [0.1, 0.15) is 5.82 Å². The molecule has 2 fully saturated rings. The number of urea groups is 1. The zero-order valence-corrected chi connectivity index (χ0v) is 15.4. The van der Waals surface area contributed by atoms with Gasteiger partial charge in [0.05, 0.1) is 6.04 Å². The predicted molar refractivity (Wildman–Crippen MR) is 97.7 cm³/mol. The number of carbonyl (C=O) groups is 1. The maximum atomic E-state index is 13.2. The van der Waals surface area contributed by atoms with Crippen LogP contribution in [-0.4, -0.2) is 34.2 Å². The zero-order valence-electron chi connectivity index (χ0n) is 15.4. The van der Waals surface area contributed by atoms with Crippen LogP contribution in [0.25, 0.3) is 0 Å². The van der Waals surface area contributed by atoms with Gasteiger partial charge in [0.25, 0.3) is 0 Å². The summed E-state index contributed by atoms with van der Waals surface area (Å²) in [7, 11) is 0. The molecule has 1 saturated heterocycles. The highest BCUT2D eigenvalue weighted by Gasteiger charge is 2.28. The van der Waals surface area contributed by atoms with E-state index in [9.17, 15) is 9.18 Å². The lowest BCUT2D eigenvalue weighted by atomic mass is 9.85. The number of halogens is 1. The number of hydrogen-bond acceptors (Lipinski definition) is 4. The highest BCUT2D eigenvalue weighted by atomic mass is 19.1. The average molecular weight is 372 g/mol. The molecule has 2 aromatic rings. The topological polar surface area (TPSA) is 71.3 Å². The van der Waals surface area contributed by atoms with Gasteiger partial charge in [0, 0.05) is 25.4 Å². The Morgan fingerprint density at radius 3 is 2.74 bits per heavy atom. The first-order valence-corrected chi connectivity index (χ1v) is 9.83. The standard InChI is InChI=1S/C20H25FN4O2/c21-16-9-7-14(8-10-16)17-6-1-2-13-25(17)20(26)22-12-11-18-23-19(27-24-18)15-4-3-5-15/h7-10,15,17H,1-6,11-13H2,(H,22,26)/t17-/m1/s1. The molecule has 1 aliphatic carbocycles. The van der Waals surface area contributed by atoms with E-state index in [1.807, 2.05) is 4.90 Å². The molecule has 2 heterocycles. The van der Waals surface area contributed by atoms with Crippen molar-refractivity contribution in [2.75, 3.05) is 13.1 Å². The third-order valence-corrected chi connectivity index (χ3v) is 5.58. The Morgan fingerprint density at radius 2 is 2.00 bits per heavy atom. The maximum absolute atomic E-state index is 13.2. The number of rotatable bonds is 5. The number of carbonyl (C=O) groups excluding carboxylic acids is 1. The van der Waals surface area contributed by atoms with Crippen molar-refractivity contribution >= 4 is 6.03 Å². The molecule has 1 N–H and O–H groups in total. The van der Waals surface area contributed by atoms with Gasteiger partial charge in [-0.15, -0.1) is 0 Å². The smallest absolute Gasteiger partial charge is 0.317 e. The van der Waals surface area contributed by atoms with Crippen LogP contribution in [0.15, 0.2) is 28.8 Å². The van der Waals surface area contributed by atoms with Gasteiger partial charge in [0.15, 0.2) is 5.82 Å². The van der Waals surface area contributed by atoms with Crippen LogP contribution < -0.4 is 5.32 Å². The van der Waals surface area contributed by atoms with E-state index < -0.39 is 0 Å². The summed E-state index contributed by atoms with van der Waals surface area (Å²) < 4.78 is 18.5. The van der Waals surface area contributed by atoms with Crippen molar-refractivity contribution in [1.82, 2.24) is 20.4 Å². The second-order valence-electron chi connectivity index (χ2n) is 7.42. The van der Waals surface area contributed by atoms with Crippen molar-refractivity contribution in [3.63, 3.8) is 0 Å². The van der Waals surface area contributed by atoms with Crippen LogP contribution in [0.1, 0.15) is 67.8 Å². The number of piperidine rings is 1. The highest BCUT2D eigenvalue weighted by molar-refractivity contribution is 5.74. The van der Waals surface area contributed by atoms with Crippen LogP contribution in [0.2, 0.25) is 0 Å². The van der Waals surface area contributed by atoms with Gasteiger partial charge in [-0.05, 0) is 49.8 Å². The monoisotopic (exact) mass is 372 g/mol. The number of hydrogen-bond donors (Lipinski definition) is 1. The lowest BCUT2D eigenvalue weighted by Gasteiger charge is -2.36. The Balaban J connectivity index is 1.32. The summed E-state index contributed by atoms with van der Waals surface area (Å²) in [5.41, 5.74) is 0.981. The number of benzene rings is 1. The molecule has 7 heteroatoms. The summed E-state index contributed by atoms with van der Waals surface area (Å²) in [4.78, 5) is 19.0. The number of nitrogens with zero attached hydrogens (tertiary/aromatic N) is 3. The molecule has 0 spiro atoms. The normalized spacial score (nSPS) is 20.3. The fourth-order valence-electron chi connectivity index (χ4n) is 3.78. The first-order valence-electron chi connectivity index (χ1n) is 9.83. The first-order chi connectivity index (χ1) is 13.2. The molecule has 6 nitrogen and oxygen atoms in total. The molecule has 1 atom stereocenters. The van der Waals surface area contributed by atoms with E-state index in [4.69, 9.17) is 4.52 Å². The summed E-state index contributed by atoms with van der Waals surface area (Å²) in [6, 6.07) is 6.35. The molecule has 27 heavy (non-hydrogen) atoms. The lowest BCUT2D eigenvalue weighted by molar-refractivity contribution is 0.151. The fraction of sp³-hybridized carbons (Fsp3) is 0.550. The molecule has 144 valence electrons. The predicted octanol–water partition coefficient (Wildman–Crippen LogP) is 3.96. The average Bonchev–Trinajstić information content (AvgIpc) is 3.09. The van der Waals surface area contributed by atoms with Crippen LogP contribution in [-0.2, 0) is 6.42 Å². The molecule has 2 aliphatic rings. The second-order valence-corrected chi connectivity index (χ2v) is 7.42. The van der Waals surface area contributed by atoms with E-state index in [2.05, 4.69) is 15.5 Å². The van der Waals surface area contributed by atoms with Crippen molar-refractivity contribution < 1.29 is 13.7 Å². The molecule has 0 bridgehead atoms. The minimum atomic E-state index is -0.257. The summed E-state index contributed by atoms with van der Waals surface area (Å²) in [5.74, 6) is 1.54. The second kappa shape index (κ2) is 8.06. The molecule has 0 unspecified atom stereocenters. The molecular weight excluding hydrogens is 347 g/mol. The van der Waals surface area contributed by atoms with Crippen LogP contribution in [0.4, 0.5) is 9.18 Å². The molecular formula is C20H25FN4O2. The highest BCUT2D eigenvalue weighted by Crippen LogP contribution is 2.35. The number of aromatic nitrogens is 2. The van der Waals surface area contributed by atoms with Crippen molar-refractivity contribution in [2.24, 2.45) is 0 Å². The fourth-order valence-corrected chi connectivity index (χ4v) is 3.78. The Morgan fingerprint density at radius 1 is 1.19 bits per heavy atom. The molecule has 2 amide bonds. The first kappa shape index (κ1) is 17.9. The van der Waals surface area contributed by atoms with Gasteiger partial charge < -0.3 is 14.7 Å². The van der Waals surface area contributed by atoms with Crippen LogP contribution in [0, 0.1) is 5.82 Å². The van der Waals surface area contributed by atoms with Gasteiger partial charge in [0.2, 0.25) is 5.89 Å². The van der Waals surface area contributed by atoms with Crippen LogP contribution in [0.5, 0.6) is 0 Å². The van der Waals surface area contributed by atoms with Crippen molar-refractivity contribution in [3.8, 4) is 0 Å². The van der Waals surface area contributed by atoms with Crippen LogP contribution in [0.3, 0.4) is 0 Å². The number of likely N-dealkylation sites (tertiary alicyclic amines) is 1. The van der Waals surface area contributed by atoms with Crippen LogP contribution >= 0.6 is 0 Å². The molecule has 0 radical (unpaired) electrons. The Labute approximate surface area is 158 Å². The van der Waals surface area contributed by atoms with Gasteiger partial charge >= 0.3 is 6.03 Å². The van der Waals surface area contributed by atoms with Crippen molar-refractivity contribution in [1.29, 1.82) is 0 Å². The van der Waals surface area contributed by atoms with Crippen molar-refractivity contribution in [2.45, 2.75) is 56.9 Å². The number of amides is 2. The molecule has 1 aromatic heterocycles. The Bertz CT molecular complexity index is 773. The summed E-state index contributed by atoms with van der Waals surface area (Å²) in [6.45, 7) is 1.18. The van der Waals surface area contributed by atoms with E-state index in [0.29, 0.717) is 31.3 Å². The minimum Gasteiger partial charge on any atom is -0.339 e. The van der Waals surface area contributed by atoms with Gasteiger partial charge in [-0.25, -0.2) is 9.18 Å². The largest absolute Gasteiger partial charge is 0.339 e. The molecule has 1 aromatic carbocycles. The van der Waals surface area contributed by atoms with Gasteiger partial charge in [-0.2, -0.15) is 4.98 Å².